The molecule has 1 N–H and O–H groups in total. The predicted octanol–water partition coefficient (Wildman–Crippen LogP) is 6.19. The number of ether oxygens (including phenoxy) is 1. The fraction of sp³-hybridized carbons (Fsp3) is 0.625. The van der Waals surface area contributed by atoms with E-state index in [9.17, 15) is 4.79 Å². The van der Waals surface area contributed by atoms with Gasteiger partial charge in [-0.25, -0.2) is 0 Å². The Balaban J connectivity index is 4.12. The van der Waals surface area contributed by atoms with Crippen LogP contribution in [-0.4, -0.2) is 31.4 Å². The lowest BCUT2D eigenvalue weighted by molar-refractivity contribution is -0.142. The van der Waals surface area contributed by atoms with Crippen LogP contribution in [0.3, 0.4) is 0 Å². The first-order valence-electron chi connectivity index (χ1n) is 10.3. The van der Waals surface area contributed by atoms with Crippen molar-refractivity contribution >= 4 is 18.6 Å². The second-order valence-corrected chi connectivity index (χ2v) is 8.08. The molecule has 0 saturated heterocycles. The van der Waals surface area contributed by atoms with Crippen LogP contribution in [0.25, 0.3) is 0 Å². The van der Waals surface area contributed by atoms with E-state index >= 15 is 0 Å². The summed E-state index contributed by atoms with van der Waals surface area (Å²) in [5.74, 6) is 0.172. The lowest BCUT2D eigenvalue weighted by Crippen LogP contribution is -2.39. The van der Waals surface area contributed by atoms with Crippen molar-refractivity contribution in [2.24, 2.45) is 0 Å². The minimum absolute atomic E-state index is 0.263. The number of hydrogen-bond donors (Lipinski definition) is 2. The number of carbonyl (C=O) groups excluding carboxylic acids is 1. The van der Waals surface area contributed by atoms with Crippen LogP contribution in [0.1, 0.15) is 73.1 Å². The zero-order valence-electron chi connectivity index (χ0n) is 18.8. The average molecular weight is 408 g/mol. The van der Waals surface area contributed by atoms with Crippen molar-refractivity contribution in [1.29, 1.82) is 0 Å². The molecule has 0 aliphatic heterocycles. The molecule has 3 nitrogen and oxygen atoms in total. The molecular formula is C24H41NO2S. The SMILES string of the molecule is COC(=O)[C@H](CS)NCC=C(C)CCC=C(C)CCC=C(C)CCC=C(C)C. The molecule has 0 aliphatic carbocycles. The molecular weight excluding hydrogens is 366 g/mol. The Morgan fingerprint density at radius 1 is 0.857 bits per heavy atom. The molecule has 0 fully saturated rings. The fourth-order valence-electron chi connectivity index (χ4n) is 2.73. The predicted molar refractivity (Wildman–Crippen MR) is 126 cm³/mol. The van der Waals surface area contributed by atoms with E-state index < -0.39 is 0 Å². The number of thiol groups is 1. The molecule has 0 unspecified atom stereocenters. The van der Waals surface area contributed by atoms with Crippen molar-refractivity contribution in [3.05, 3.63) is 46.6 Å². The third kappa shape index (κ3) is 14.8. The highest BCUT2D eigenvalue weighted by molar-refractivity contribution is 7.80. The maximum absolute atomic E-state index is 11.5. The van der Waals surface area contributed by atoms with Gasteiger partial charge in [-0.2, -0.15) is 12.6 Å². The standard InChI is InChI=1S/C24H41NO2S/c1-19(2)10-7-11-20(3)12-8-13-21(4)14-9-15-22(5)16-17-25-23(18-28)24(26)27-6/h10,12,14,16,23,25,28H,7-9,11,13,15,17-18H2,1-6H3/t23-/m0/s1. The van der Waals surface area contributed by atoms with Gasteiger partial charge in [-0.15, -0.1) is 0 Å². The van der Waals surface area contributed by atoms with Gasteiger partial charge in [-0.1, -0.05) is 46.6 Å². The van der Waals surface area contributed by atoms with Crippen LogP contribution in [-0.2, 0) is 9.53 Å². The molecule has 0 amide bonds. The van der Waals surface area contributed by atoms with Crippen molar-refractivity contribution in [2.45, 2.75) is 79.2 Å². The number of esters is 1. The summed E-state index contributed by atoms with van der Waals surface area (Å²) in [6.07, 6.45) is 15.8. The molecule has 0 aromatic heterocycles. The molecule has 28 heavy (non-hydrogen) atoms. The van der Waals surface area contributed by atoms with Gasteiger partial charge >= 0.3 is 5.97 Å². The van der Waals surface area contributed by atoms with Crippen molar-refractivity contribution in [2.75, 3.05) is 19.4 Å². The van der Waals surface area contributed by atoms with Crippen LogP contribution in [0.2, 0.25) is 0 Å². The Morgan fingerprint density at radius 2 is 1.32 bits per heavy atom. The number of hydrogen-bond acceptors (Lipinski definition) is 4. The molecule has 160 valence electrons. The number of allylic oxidation sites excluding steroid dienone is 7. The maximum Gasteiger partial charge on any atom is 0.323 e. The Labute approximate surface area is 178 Å². The Kier molecular flexibility index (Phi) is 15.9. The summed E-state index contributed by atoms with van der Waals surface area (Å²) in [7, 11) is 1.40. The van der Waals surface area contributed by atoms with E-state index in [-0.39, 0.29) is 12.0 Å². The Morgan fingerprint density at radius 3 is 1.75 bits per heavy atom. The van der Waals surface area contributed by atoms with E-state index in [0.717, 1.165) is 38.5 Å². The molecule has 0 radical (unpaired) electrons. The number of rotatable bonds is 14. The number of carbonyl (C=O) groups is 1. The second kappa shape index (κ2) is 16.7. The van der Waals surface area contributed by atoms with E-state index in [1.165, 1.54) is 29.4 Å². The van der Waals surface area contributed by atoms with Crippen LogP contribution in [0.4, 0.5) is 0 Å². The average Bonchev–Trinajstić information content (AvgIpc) is 2.64. The summed E-state index contributed by atoms with van der Waals surface area (Å²) >= 11 is 4.18. The lowest BCUT2D eigenvalue weighted by atomic mass is 10.0. The normalized spacial score (nSPS) is 14.0. The van der Waals surface area contributed by atoms with Crippen LogP contribution >= 0.6 is 12.6 Å². The highest BCUT2D eigenvalue weighted by atomic mass is 32.1. The third-order valence-electron chi connectivity index (χ3n) is 4.64. The third-order valence-corrected chi connectivity index (χ3v) is 5.00. The maximum atomic E-state index is 11.5. The van der Waals surface area contributed by atoms with Crippen molar-refractivity contribution in [3.8, 4) is 0 Å². The van der Waals surface area contributed by atoms with Crippen LogP contribution in [0.15, 0.2) is 46.6 Å². The molecule has 0 bridgehead atoms. The van der Waals surface area contributed by atoms with E-state index in [1.54, 1.807) is 0 Å². The molecule has 1 atom stereocenters. The van der Waals surface area contributed by atoms with E-state index in [2.05, 4.69) is 76.9 Å². The van der Waals surface area contributed by atoms with Gasteiger partial charge in [0.2, 0.25) is 0 Å². The van der Waals surface area contributed by atoms with Gasteiger partial charge in [0.05, 0.1) is 7.11 Å². The molecule has 0 rings (SSSR count). The molecule has 0 aromatic carbocycles. The van der Waals surface area contributed by atoms with Gasteiger partial charge in [0, 0.05) is 12.3 Å². The summed E-state index contributed by atoms with van der Waals surface area (Å²) in [4.78, 5) is 11.5. The molecule has 0 aliphatic rings. The first kappa shape index (κ1) is 26.7. The van der Waals surface area contributed by atoms with Gasteiger partial charge < -0.3 is 10.1 Å². The summed E-state index contributed by atoms with van der Waals surface area (Å²) in [6.45, 7) is 11.6. The lowest BCUT2D eigenvalue weighted by Gasteiger charge is -2.12. The minimum Gasteiger partial charge on any atom is -0.468 e. The van der Waals surface area contributed by atoms with E-state index in [0.29, 0.717) is 12.3 Å². The topological polar surface area (TPSA) is 38.3 Å². The zero-order valence-corrected chi connectivity index (χ0v) is 19.7. The smallest absolute Gasteiger partial charge is 0.323 e. The van der Waals surface area contributed by atoms with Crippen LogP contribution in [0, 0.1) is 0 Å². The van der Waals surface area contributed by atoms with Crippen LogP contribution < -0.4 is 5.32 Å². The molecule has 0 aromatic rings. The summed E-state index contributed by atoms with van der Waals surface area (Å²) < 4.78 is 4.74. The zero-order chi connectivity index (χ0) is 21.4. The summed E-state index contributed by atoms with van der Waals surface area (Å²) in [6, 6.07) is -0.349. The highest BCUT2D eigenvalue weighted by Gasteiger charge is 2.15. The largest absolute Gasteiger partial charge is 0.468 e. The minimum atomic E-state index is -0.349. The molecule has 0 heterocycles. The van der Waals surface area contributed by atoms with Gasteiger partial charge in [0.25, 0.3) is 0 Å². The molecule has 0 saturated carbocycles. The monoisotopic (exact) mass is 407 g/mol. The molecule has 4 heteroatoms. The van der Waals surface area contributed by atoms with Crippen molar-refractivity contribution < 1.29 is 9.53 Å². The van der Waals surface area contributed by atoms with Crippen molar-refractivity contribution in [1.82, 2.24) is 5.32 Å². The van der Waals surface area contributed by atoms with E-state index in [1.807, 2.05) is 0 Å². The van der Waals surface area contributed by atoms with Gasteiger partial charge in [0.15, 0.2) is 0 Å². The summed E-state index contributed by atoms with van der Waals surface area (Å²) in [5.41, 5.74) is 5.68. The first-order chi connectivity index (χ1) is 13.3. The van der Waals surface area contributed by atoms with Crippen molar-refractivity contribution in [3.63, 3.8) is 0 Å². The highest BCUT2D eigenvalue weighted by Crippen LogP contribution is 2.13. The Bertz CT molecular complexity index is 569. The first-order valence-corrected chi connectivity index (χ1v) is 11.0. The van der Waals surface area contributed by atoms with Crippen LogP contribution in [0.5, 0.6) is 0 Å². The van der Waals surface area contributed by atoms with Gasteiger partial charge in [-0.3, -0.25) is 4.79 Å². The number of methoxy groups -OCH3 is 1. The second-order valence-electron chi connectivity index (χ2n) is 7.72. The quantitative estimate of drug-likeness (QED) is 0.205. The molecule has 0 spiro atoms. The van der Waals surface area contributed by atoms with E-state index in [4.69, 9.17) is 4.74 Å². The number of nitrogens with one attached hydrogen (secondary N) is 1. The van der Waals surface area contributed by atoms with Gasteiger partial charge in [-0.05, 0) is 73.1 Å². The Hall–Kier alpha value is -1.26. The summed E-state index contributed by atoms with van der Waals surface area (Å²) in [5, 5.41) is 3.16. The van der Waals surface area contributed by atoms with Gasteiger partial charge in [0.1, 0.15) is 6.04 Å². The fourth-order valence-corrected chi connectivity index (χ4v) is 3.01.